The van der Waals surface area contributed by atoms with Crippen LogP contribution in [0.2, 0.25) is 0 Å². The van der Waals surface area contributed by atoms with E-state index in [4.69, 9.17) is 4.74 Å². The van der Waals surface area contributed by atoms with E-state index in [1.54, 1.807) is 30.0 Å². The van der Waals surface area contributed by atoms with Crippen LogP contribution >= 0.6 is 0 Å². The Kier molecular flexibility index (Phi) is 4.69. The van der Waals surface area contributed by atoms with Crippen LogP contribution in [0.1, 0.15) is 30.3 Å². The Bertz CT molecular complexity index is 751. The SMILES string of the molecule is CCOC(=O)N1CCC(NC(=O)c2cc3cccc(F)c3[nH]2)CC1. The molecule has 1 aromatic heterocycles. The van der Waals surface area contributed by atoms with E-state index in [2.05, 4.69) is 10.3 Å². The third-order valence-electron chi connectivity index (χ3n) is 4.21. The molecule has 2 N–H and O–H groups in total. The number of hydrogen-bond acceptors (Lipinski definition) is 3. The fourth-order valence-electron chi connectivity index (χ4n) is 2.93. The molecule has 1 fully saturated rings. The molecule has 2 heterocycles. The lowest BCUT2D eigenvalue weighted by Crippen LogP contribution is -2.46. The smallest absolute Gasteiger partial charge is 0.409 e. The van der Waals surface area contributed by atoms with Crippen LogP contribution in [0.3, 0.4) is 0 Å². The second-order valence-electron chi connectivity index (χ2n) is 5.82. The normalized spacial score (nSPS) is 15.5. The number of piperidine rings is 1. The number of nitrogens with one attached hydrogen (secondary N) is 2. The number of amides is 2. The maximum absolute atomic E-state index is 13.7. The Morgan fingerprint density at radius 1 is 1.38 bits per heavy atom. The molecule has 0 radical (unpaired) electrons. The highest BCUT2D eigenvalue weighted by Gasteiger charge is 2.25. The average Bonchev–Trinajstić information content (AvgIpc) is 3.01. The van der Waals surface area contributed by atoms with Gasteiger partial charge < -0.3 is 19.9 Å². The van der Waals surface area contributed by atoms with Gasteiger partial charge >= 0.3 is 6.09 Å². The Morgan fingerprint density at radius 3 is 2.79 bits per heavy atom. The van der Waals surface area contributed by atoms with Crippen molar-refractivity contribution < 1.29 is 18.7 Å². The zero-order valence-corrected chi connectivity index (χ0v) is 13.5. The molecule has 7 heteroatoms. The molecule has 0 saturated carbocycles. The predicted molar refractivity (Wildman–Crippen MR) is 87.3 cm³/mol. The number of ether oxygens (including phenoxy) is 1. The minimum Gasteiger partial charge on any atom is -0.450 e. The monoisotopic (exact) mass is 333 g/mol. The van der Waals surface area contributed by atoms with Gasteiger partial charge in [-0.3, -0.25) is 4.79 Å². The molecule has 6 nitrogen and oxygen atoms in total. The Hall–Kier alpha value is -2.57. The molecule has 2 aromatic rings. The summed E-state index contributed by atoms with van der Waals surface area (Å²) in [5.74, 6) is -0.644. The van der Waals surface area contributed by atoms with E-state index in [1.165, 1.54) is 6.07 Å². The van der Waals surface area contributed by atoms with Crippen molar-refractivity contribution >= 4 is 22.9 Å². The molecule has 1 saturated heterocycles. The van der Waals surface area contributed by atoms with Crippen molar-refractivity contribution in [2.24, 2.45) is 0 Å². The lowest BCUT2D eigenvalue weighted by molar-refractivity contribution is 0.0857. The molecule has 24 heavy (non-hydrogen) atoms. The summed E-state index contributed by atoms with van der Waals surface area (Å²) in [4.78, 5) is 28.5. The molecule has 0 unspecified atom stereocenters. The second kappa shape index (κ2) is 6.90. The summed E-state index contributed by atoms with van der Waals surface area (Å²) in [6, 6.07) is 6.34. The van der Waals surface area contributed by atoms with Crippen LogP contribution in [-0.4, -0.2) is 47.6 Å². The van der Waals surface area contributed by atoms with Gasteiger partial charge in [0.25, 0.3) is 5.91 Å². The fraction of sp³-hybridized carbons (Fsp3) is 0.412. The van der Waals surface area contributed by atoms with Gasteiger partial charge in [0.15, 0.2) is 0 Å². The lowest BCUT2D eigenvalue weighted by atomic mass is 10.1. The van der Waals surface area contributed by atoms with Gasteiger partial charge in [-0.15, -0.1) is 0 Å². The summed E-state index contributed by atoms with van der Waals surface area (Å²) < 4.78 is 18.7. The number of aromatic nitrogens is 1. The molecule has 0 bridgehead atoms. The van der Waals surface area contributed by atoms with Gasteiger partial charge in [-0.1, -0.05) is 12.1 Å². The van der Waals surface area contributed by atoms with Crippen molar-refractivity contribution in [3.8, 4) is 0 Å². The van der Waals surface area contributed by atoms with E-state index in [0.29, 0.717) is 49.1 Å². The number of carbonyl (C=O) groups is 2. The number of halogens is 1. The highest BCUT2D eigenvalue weighted by atomic mass is 19.1. The van der Waals surface area contributed by atoms with Crippen molar-refractivity contribution in [1.82, 2.24) is 15.2 Å². The van der Waals surface area contributed by atoms with Gasteiger partial charge in [-0.2, -0.15) is 0 Å². The summed E-state index contributed by atoms with van der Waals surface area (Å²) in [5.41, 5.74) is 0.669. The van der Waals surface area contributed by atoms with E-state index in [9.17, 15) is 14.0 Å². The first kappa shape index (κ1) is 16.3. The number of para-hydroxylation sites is 1. The van der Waals surface area contributed by atoms with Crippen LogP contribution in [0.25, 0.3) is 10.9 Å². The van der Waals surface area contributed by atoms with Crippen molar-refractivity contribution in [2.75, 3.05) is 19.7 Å². The Labute approximate surface area is 139 Å². The number of fused-ring (bicyclic) bond motifs is 1. The van der Waals surface area contributed by atoms with Crippen LogP contribution in [0, 0.1) is 5.82 Å². The summed E-state index contributed by atoms with van der Waals surface area (Å²) in [7, 11) is 0. The first-order chi connectivity index (χ1) is 11.6. The minimum absolute atomic E-state index is 0.0144. The quantitative estimate of drug-likeness (QED) is 0.907. The first-order valence-electron chi connectivity index (χ1n) is 8.08. The van der Waals surface area contributed by atoms with Gasteiger partial charge in [0.2, 0.25) is 0 Å². The number of aromatic amines is 1. The number of nitrogens with zero attached hydrogens (tertiary/aromatic N) is 1. The minimum atomic E-state index is -0.380. The molecule has 128 valence electrons. The maximum atomic E-state index is 13.7. The van der Waals surface area contributed by atoms with E-state index < -0.39 is 0 Å². The Balaban J connectivity index is 1.59. The van der Waals surface area contributed by atoms with Crippen molar-refractivity contribution in [1.29, 1.82) is 0 Å². The van der Waals surface area contributed by atoms with Crippen LogP contribution in [0.15, 0.2) is 24.3 Å². The topological polar surface area (TPSA) is 74.4 Å². The molecule has 0 aliphatic carbocycles. The van der Waals surface area contributed by atoms with Crippen LogP contribution in [-0.2, 0) is 4.74 Å². The third-order valence-corrected chi connectivity index (χ3v) is 4.21. The summed E-state index contributed by atoms with van der Waals surface area (Å²) >= 11 is 0. The maximum Gasteiger partial charge on any atom is 0.409 e. The van der Waals surface area contributed by atoms with Crippen LogP contribution < -0.4 is 5.32 Å². The number of carbonyl (C=O) groups excluding carboxylic acids is 2. The highest BCUT2D eigenvalue weighted by Crippen LogP contribution is 2.19. The van der Waals surface area contributed by atoms with Gasteiger partial charge in [0.05, 0.1) is 12.1 Å². The van der Waals surface area contributed by atoms with Gasteiger partial charge in [-0.05, 0) is 31.9 Å². The zero-order chi connectivity index (χ0) is 17.1. The molecular formula is C17H20FN3O3. The van der Waals surface area contributed by atoms with E-state index in [1.807, 2.05) is 0 Å². The number of hydrogen-bond donors (Lipinski definition) is 2. The number of benzene rings is 1. The van der Waals surface area contributed by atoms with Gasteiger partial charge in [0.1, 0.15) is 11.5 Å². The van der Waals surface area contributed by atoms with Crippen molar-refractivity contribution in [3.63, 3.8) is 0 Å². The molecule has 1 aliphatic rings. The molecule has 2 amide bonds. The lowest BCUT2D eigenvalue weighted by Gasteiger charge is -2.31. The first-order valence-corrected chi connectivity index (χ1v) is 8.08. The fourth-order valence-corrected chi connectivity index (χ4v) is 2.93. The standard InChI is InChI=1S/C17H20FN3O3/c1-2-24-17(23)21-8-6-12(7-9-21)19-16(22)14-10-11-4-3-5-13(18)15(11)20-14/h3-5,10,12,20H,2,6-9H2,1H3,(H,19,22). The molecule has 3 rings (SSSR count). The Morgan fingerprint density at radius 2 is 2.12 bits per heavy atom. The third kappa shape index (κ3) is 3.34. The van der Waals surface area contributed by atoms with Crippen LogP contribution in [0.5, 0.6) is 0 Å². The number of H-pyrrole nitrogens is 1. The van der Waals surface area contributed by atoms with E-state index in [-0.39, 0.29) is 23.9 Å². The number of likely N-dealkylation sites (tertiary alicyclic amines) is 1. The highest BCUT2D eigenvalue weighted by molar-refractivity contribution is 5.98. The number of rotatable bonds is 3. The molecule has 0 atom stereocenters. The summed E-state index contributed by atoms with van der Waals surface area (Å²) in [6.07, 6.45) is 1.02. The largest absolute Gasteiger partial charge is 0.450 e. The molecule has 1 aliphatic heterocycles. The predicted octanol–water partition coefficient (Wildman–Crippen LogP) is 2.66. The van der Waals surface area contributed by atoms with Crippen molar-refractivity contribution in [3.05, 3.63) is 35.8 Å². The van der Waals surface area contributed by atoms with Crippen LogP contribution in [0.4, 0.5) is 9.18 Å². The summed E-state index contributed by atoms with van der Waals surface area (Å²) in [6.45, 7) is 3.22. The average molecular weight is 333 g/mol. The summed E-state index contributed by atoms with van der Waals surface area (Å²) in [5, 5.41) is 3.60. The van der Waals surface area contributed by atoms with Crippen molar-refractivity contribution in [2.45, 2.75) is 25.8 Å². The van der Waals surface area contributed by atoms with E-state index in [0.717, 1.165) is 0 Å². The van der Waals surface area contributed by atoms with Gasteiger partial charge in [0, 0.05) is 24.5 Å². The second-order valence-corrected chi connectivity index (χ2v) is 5.82. The molecular weight excluding hydrogens is 313 g/mol. The molecule has 1 aromatic carbocycles. The van der Waals surface area contributed by atoms with Gasteiger partial charge in [-0.25, -0.2) is 9.18 Å². The van der Waals surface area contributed by atoms with E-state index >= 15 is 0 Å². The zero-order valence-electron chi connectivity index (χ0n) is 13.5. The molecule has 0 spiro atoms.